The average molecular weight is 363 g/mol. The second kappa shape index (κ2) is 8.77. The molecule has 6 nitrogen and oxygen atoms in total. The Bertz CT molecular complexity index is 607. The van der Waals surface area contributed by atoms with Gasteiger partial charge in [-0.2, -0.15) is 0 Å². The quantitative estimate of drug-likeness (QED) is 0.552. The van der Waals surface area contributed by atoms with Crippen molar-refractivity contribution in [2.75, 3.05) is 0 Å². The van der Waals surface area contributed by atoms with Gasteiger partial charge in [-0.05, 0) is 18.9 Å². The highest BCUT2D eigenvalue weighted by Gasteiger charge is 2.48. The van der Waals surface area contributed by atoms with E-state index >= 15 is 0 Å². The molecular weight excluding hydrogens is 334 g/mol. The largest absolute Gasteiger partial charge is 0.392 e. The van der Waals surface area contributed by atoms with Crippen LogP contribution in [0.1, 0.15) is 44.7 Å². The zero-order chi connectivity index (χ0) is 19.3. The smallest absolute Gasteiger partial charge is 0.228 e. The number of rotatable bonds is 7. The number of aliphatic hydroxyl groups is 3. The van der Waals surface area contributed by atoms with E-state index < -0.39 is 30.0 Å². The molecule has 0 saturated carbocycles. The van der Waals surface area contributed by atoms with Crippen LogP contribution in [0.25, 0.3) is 0 Å². The second-order valence-electron chi connectivity index (χ2n) is 6.93. The minimum absolute atomic E-state index is 0.0536. The molecule has 0 radical (unpaired) electrons. The molecule has 2 rings (SSSR count). The summed E-state index contributed by atoms with van der Waals surface area (Å²) in [6, 6.07) is 9.26. The number of aliphatic hydroxyl groups excluding tert-OH is 2. The first-order valence-corrected chi connectivity index (χ1v) is 9.04. The Morgan fingerprint density at radius 1 is 1.46 bits per heavy atom. The van der Waals surface area contributed by atoms with Gasteiger partial charge in [0.25, 0.3) is 0 Å². The molecule has 1 aliphatic rings. The van der Waals surface area contributed by atoms with Crippen LogP contribution in [0.15, 0.2) is 43.0 Å². The summed E-state index contributed by atoms with van der Waals surface area (Å²) in [4.78, 5) is 12.8. The number of carbonyl (C=O) groups is 1. The van der Waals surface area contributed by atoms with Gasteiger partial charge in [-0.25, -0.2) is 0 Å². The molecule has 1 saturated heterocycles. The number of carbonyl (C=O) groups excluding carboxylic acids is 1. The summed E-state index contributed by atoms with van der Waals surface area (Å²) in [6.45, 7) is 7.13. The summed E-state index contributed by atoms with van der Waals surface area (Å²) in [7, 11) is 0. The van der Waals surface area contributed by atoms with Crippen LogP contribution in [0.4, 0.5) is 0 Å². The summed E-state index contributed by atoms with van der Waals surface area (Å²) in [5, 5.41) is 33.8. The van der Waals surface area contributed by atoms with Crippen molar-refractivity contribution in [2.24, 2.45) is 5.92 Å². The summed E-state index contributed by atoms with van der Waals surface area (Å²) >= 11 is 0. The Kier molecular flexibility index (Phi) is 6.94. The summed E-state index contributed by atoms with van der Waals surface area (Å²) in [6.07, 6.45) is -1.15. The molecule has 0 spiro atoms. The fourth-order valence-corrected chi connectivity index (χ4v) is 3.34. The van der Waals surface area contributed by atoms with Crippen molar-refractivity contribution in [3.05, 3.63) is 48.6 Å². The molecule has 1 heterocycles. The molecular formula is C20H29NO5. The Hall–Kier alpha value is -1.73. The van der Waals surface area contributed by atoms with E-state index in [1.54, 1.807) is 6.92 Å². The third-order valence-corrected chi connectivity index (χ3v) is 4.97. The predicted octanol–water partition coefficient (Wildman–Crippen LogP) is 1.67. The number of amides is 1. The molecule has 1 aromatic carbocycles. The lowest BCUT2D eigenvalue weighted by molar-refractivity contribution is -0.289. The minimum Gasteiger partial charge on any atom is -0.392 e. The first-order valence-electron chi connectivity index (χ1n) is 9.04. The lowest BCUT2D eigenvalue weighted by atomic mass is 9.83. The van der Waals surface area contributed by atoms with Crippen LogP contribution in [-0.2, 0) is 9.53 Å². The van der Waals surface area contributed by atoms with Crippen LogP contribution in [0.2, 0.25) is 0 Å². The van der Waals surface area contributed by atoms with Gasteiger partial charge in [-0.1, -0.05) is 43.3 Å². The highest BCUT2D eigenvalue weighted by molar-refractivity contribution is 5.80. The summed E-state index contributed by atoms with van der Waals surface area (Å²) < 4.78 is 5.71. The SMILES string of the molecule is C=C[C@H](O)C[C@@H]1O[C@](O)(CC)C[C@H](O)[C@H]1C(=O)N[C@H](C)c1ccccc1. The van der Waals surface area contributed by atoms with E-state index in [4.69, 9.17) is 4.74 Å². The second-order valence-corrected chi connectivity index (χ2v) is 6.93. The van der Waals surface area contributed by atoms with Gasteiger partial charge in [0, 0.05) is 12.8 Å². The van der Waals surface area contributed by atoms with Crippen LogP contribution in [-0.4, -0.2) is 45.3 Å². The van der Waals surface area contributed by atoms with E-state index in [-0.39, 0.29) is 31.2 Å². The predicted molar refractivity (Wildman–Crippen MR) is 98.0 cm³/mol. The van der Waals surface area contributed by atoms with Crippen molar-refractivity contribution in [3.8, 4) is 0 Å². The van der Waals surface area contributed by atoms with Crippen molar-refractivity contribution < 1.29 is 24.9 Å². The lowest BCUT2D eigenvalue weighted by Crippen LogP contribution is -2.57. The lowest BCUT2D eigenvalue weighted by Gasteiger charge is -2.44. The Labute approximate surface area is 154 Å². The maximum atomic E-state index is 12.8. The van der Waals surface area contributed by atoms with Crippen molar-refractivity contribution in [3.63, 3.8) is 0 Å². The van der Waals surface area contributed by atoms with Gasteiger partial charge in [0.2, 0.25) is 5.91 Å². The number of benzene rings is 1. The fraction of sp³-hybridized carbons (Fsp3) is 0.550. The first-order chi connectivity index (χ1) is 12.3. The molecule has 4 N–H and O–H groups in total. The molecule has 1 aliphatic heterocycles. The monoisotopic (exact) mass is 363 g/mol. The molecule has 26 heavy (non-hydrogen) atoms. The Balaban J connectivity index is 2.16. The summed E-state index contributed by atoms with van der Waals surface area (Å²) in [5.41, 5.74) is 0.944. The molecule has 0 bridgehead atoms. The number of hydrogen-bond acceptors (Lipinski definition) is 5. The van der Waals surface area contributed by atoms with E-state index in [0.717, 1.165) is 5.56 Å². The van der Waals surface area contributed by atoms with Crippen LogP contribution in [0, 0.1) is 5.92 Å². The third-order valence-electron chi connectivity index (χ3n) is 4.97. The van der Waals surface area contributed by atoms with E-state index in [1.165, 1.54) is 6.08 Å². The molecule has 0 aliphatic carbocycles. The molecule has 1 fully saturated rings. The standard InChI is InChI=1S/C20H29NO5/c1-4-15(22)11-17-18(16(23)12-20(25,5-2)26-17)19(24)21-13(3)14-9-7-6-8-10-14/h4,6-10,13,15-18,22-23,25H,1,5,11-12H2,2-3H3,(H,21,24)/t13-,15+,16+,17+,18-,20-/m1/s1. The maximum Gasteiger partial charge on any atom is 0.228 e. The minimum atomic E-state index is -1.51. The fourth-order valence-electron chi connectivity index (χ4n) is 3.34. The zero-order valence-electron chi connectivity index (χ0n) is 15.3. The third kappa shape index (κ3) is 4.92. The van der Waals surface area contributed by atoms with E-state index in [0.29, 0.717) is 0 Å². The van der Waals surface area contributed by atoms with Crippen LogP contribution in [0.3, 0.4) is 0 Å². The van der Waals surface area contributed by atoms with Crippen LogP contribution < -0.4 is 5.32 Å². The molecule has 144 valence electrons. The first kappa shape index (κ1) is 20.6. The Morgan fingerprint density at radius 3 is 2.69 bits per heavy atom. The van der Waals surface area contributed by atoms with Crippen molar-refractivity contribution in [2.45, 2.75) is 63.3 Å². The molecule has 0 aromatic heterocycles. The molecule has 6 heteroatoms. The van der Waals surface area contributed by atoms with Gasteiger partial charge in [-0.15, -0.1) is 6.58 Å². The molecule has 6 atom stereocenters. The highest BCUT2D eigenvalue weighted by Crippen LogP contribution is 2.36. The van der Waals surface area contributed by atoms with Gasteiger partial charge < -0.3 is 25.4 Å². The van der Waals surface area contributed by atoms with E-state index in [2.05, 4.69) is 11.9 Å². The normalized spacial score (nSPS) is 31.0. The van der Waals surface area contributed by atoms with Gasteiger partial charge >= 0.3 is 0 Å². The number of hydrogen-bond donors (Lipinski definition) is 4. The van der Waals surface area contributed by atoms with Crippen molar-refractivity contribution in [1.29, 1.82) is 0 Å². The van der Waals surface area contributed by atoms with Crippen molar-refractivity contribution >= 4 is 5.91 Å². The van der Waals surface area contributed by atoms with Crippen LogP contribution >= 0.6 is 0 Å². The zero-order valence-corrected chi connectivity index (χ0v) is 15.3. The molecule has 1 aromatic rings. The summed E-state index contributed by atoms with van der Waals surface area (Å²) in [5.74, 6) is -2.76. The van der Waals surface area contributed by atoms with Gasteiger partial charge in [-0.3, -0.25) is 4.79 Å². The highest BCUT2D eigenvalue weighted by atomic mass is 16.6. The number of ether oxygens (including phenoxy) is 1. The molecule has 1 amide bonds. The van der Waals surface area contributed by atoms with E-state index in [1.807, 2.05) is 37.3 Å². The van der Waals surface area contributed by atoms with Crippen molar-refractivity contribution in [1.82, 2.24) is 5.32 Å². The van der Waals surface area contributed by atoms with Crippen LogP contribution in [0.5, 0.6) is 0 Å². The van der Waals surface area contributed by atoms with Gasteiger partial charge in [0.1, 0.15) is 0 Å². The van der Waals surface area contributed by atoms with Gasteiger partial charge in [0.15, 0.2) is 5.79 Å². The Morgan fingerprint density at radius 2 is 2.12 bits per heavy atom. The topological polar surface area (TPSA) is 99.0 Å². The maximum absolute atomic E-state index is 12.8. The van der Waals surface area contributed by atoms with Gasteiger partial charge in [0.05, 0.1) is 30.3 Å². The number of nitrogens with one attached hydrogen (secondary N) is 1. The molecule has 0 unspecified atom stereocenters. The van der Waals surface area contributed by atoms with E-state index in [9.17, 15) is 20.1 Å². The average Bonchev–Trinajstić information content (AvgIpc) is 2.61.